The summed E-state index contributed by atoms with van der Waals surface area (Å²) in [4.78, 5) is 33.3. The molecule has 0 bridgehead atoms. The van der Waals surface area contributed by atoms with Crippen molar-refractivity contribution in [3.63, 3.8) is 0 Å². The molecule has 0 unspecified atom stereocenters. The number of rotatable bonds is 4. The topological polar surface area (TPSA) is 78.1 Å². The Morgan fingerprint density at radius 1 is 1.15 bits per heavy atom. The average Bonchev–Trinajstić information content (AvgIpc) is 3.25. The van der Waals surface area contributed by atoms with Crippen molar-refractivity contribution in [2.45, 2.75) is 44.1 Å². The number of H-pyrrole nitrogens is 1. The molecule has 2 heterocycles. The van der Waals surface area contributed by atoms with Crippen LogP contribution in [0.5, 0.6) is 0 Å². The van der Waals surface area contributed by atoms with E-state index >= 15 is 0 Å². The number of aromatic nitrogens is 2. The second-order valence-electron chi connectivity index (χ2n) is 7.03. The standard InChI is InChI=1S/C19H21FN4O2/c20-13-5-7-15(8-6-13)24-11-12(9-18(24)26)16-10-17(25)23-19(22-16)21-14-3-1-2-4-14/h5-8,10,12,14H,1-4,9,11H2,(H2,21,22,23,25)/t12-/m1/s1. The summed E-state index contributed by atoms with van der Waals surface area (Å²) in [5.41, 5.74) is 1.06. The summed E-state index contributed by atoms with van der Waals surface area (Å²) in [5, 5.41) is 3.30. The normalized spacial score (nSPS) is 20.7. The van der Waals surface area contributed by atoms with Crippen molar-refractivity contribution in [2.75, 3.05) is 16.8 Å². The number of carbonyl (C=O) groups excluding carboxylic acids is 1. The summed E-state index contributed by atoms with van der Waals surface area (Å²) in [5.74, 6) is -0.0594. The van der Waals surface area contributed by atoms with Crippen molar-refractivity contribution in [3.8, 4) is 0 Å². The van der Waals surface area contributed by atoms with Crippen molar-refractivity contribution in [3.05, 3.63) is 52.2 Å². The first-order chi connectivity index (χ1) is 12.6. The Labute approximate surface area is 150 Å². The van der Waals surface area contributed by atoms with Crippen LogP contribution in [0.2, 0.25) is 0 Å². The maximum atomic E-state index is 13.1. The molecule has 136 valence electrons. The fraction of sp³-hybridized carbons (Fsp3) is 0.421. The molecule has 2 fully saturated rings. The number of nitrogens with one attached hydrogen (secondary N) is 2. The van der Waals surface area contributed by atoms with Gasteiger partial charge in [0.1, 0.15) is 5.82 Å². The lowest BCUT2D eigenvalue weighted by molar-refractivity contribution is -0.117. The molecular formula is C19H21FN4O2. The predicted molar refractivity (Wildman–Crippen MR) is 96.8 cm³/mol. The van der Waals surface area contributed by atoms with Crippen molar-refractivity contribution < 1.29 is 9.18 Å². The van der Waals surface area contributed by atoms with Gasteiger partial charge in [-0.3, -0.25) is 14.6 Å². The SMILES string of the molecule is O=C1C[C@@H](c2cc(=O)[nH]c(NC3CCCC3)n2)CN1c1ccc(F)cc1. The van der Waals surface area contributed by atoms with Gasteiger partial charge in [-0.05, 0) is 37.1 Å². The molecule has 7 heteroatoms. The lowest BCUT2D eigenvalue weighted by Gasteiger charge is -2.17. The first kappa shape index (κ1) is 16.8. The number of hydrogen-bond donors (Lipinski definition) is 2. The zero-order chi connectivity index (χ0) is 18.1. The Morgan fingerprint density at radius 2 is 1.88 bits per heavy atom. The van der Waals surface area contributed by atoms with E-state index in [1.54, 1.807) is 17.0 Å². The quantitative estimate of drug-likeness (QED) is 0.883. The van der Waals surface area contributed by atoms with Crippen LogP contribution in [0.4, 0.5) is 16.0 Å². The Balaban J connectivity index is 1.54. The van der Waals surface area contributed by atoms with Crippen LogP contribution in [0.15, 0.2) is 35.1 Å². The second-order valence-corrected chi connectivity index (χ2v) is 7.03. The van der Waals surface area contributed by atoms with Crippen molar-refractivity contribution in [2.24, 2.45) is 0 Å². The van der Waals surface area contributed by atoms with Gasteiger partial charge in [-0.2, -0.15) is 0 Å². The van der Waals surface area contributed by atoms with Crippen LogP contribution in [0.25, 0.3) is 0 Å². The van der Waals surface area contributed by atoms with E-state index in [0.29, 0.717) is 29.9 Å². The van der Waals surface area contributed by atoms with Crippen LogP contribution in [-0.4, -0.2) is 28.5 Å². The van der Waals surface area contributed by atoms with Crippen molar-refractivity contribution >= 4 is 17.5 Å². The smallest absolute Gasteiger partial charge is 0.252 e. The van der Waals surface area contributed by atoms with Crippen LogP contribution >= 0.6 is 0 Å². The van der Waals surface area contributed by atoms with E-state index in [9.17, 15) is 14.0 Å². The van der Waals surface area contributed by atoms with E-state index in [4.69, 9.17) is 0 Å². The highest BCUT2D eigenvalue weighted by atomic mass is 19.1. The summed E-state index contributed by atoms with van der Waals surface area (Å²) in [7, 11) is 0. The van der Waals surface area contributed by atoms with E-state index in [1.807, 2.05) is 0 Å². The molecule has 6 nitrogen and oxygen atoms in total. The summed E-state index contributed by atoms with van der Waals surface area (Å²) >= 11 is 0. The van der Waals surface area contributed by atoms with Crippen LogP contribution in [0, 0.1) is 5.82 Å². The fourth-order valence-corrected chi connectivity index (χ4v) is 3.79. The van der Waals surface area contributed by atoms with Gasteiger partial charge in [-0.15, -0.1) is 0 Å². The molecular weight excluding hydrogens is 335 g/mol. The molecule has 26 heavy (non-hydrogen) atoms. The number of aromatic amines is 1. The first-order valence-electron chi connectivity index (χ1n) is 9.02. The zero-order valence-corrected chi connectivity index (χ0v) is 14.4. The van der Waals surface area contributed by atoms with Crippen LogP contribution < -0.4 is 15.8 Å². The van der Waals surface area contributed by atoms with Crippen LogP contribution in [0.3, 0.4) is 0 Å². The van der Waals surface area contributed by atoms with E-state index in [2.05, 4.69) is 15.3 Å². The molecule has 2 aromatic rings. The minimum atomic E-state index is -0.337. The monoisotopic (exact) mass is 356 g/mol. The highest BCUT2D eigenvalue weighted by molar-refractivity contribution is 5.96. The highest BCUT2D eigenvalue weighted by Gasteiger charge is 2.33. The second kappa shape index (κ2) is 6.90. The molecule has 1 amide bonds. The van der Waals surface area contributed by atoms with Gasteiger partial charge >= 0.3 is 0 Å². The highest BCUT2D eigenvalue weighted by Crippen LogP contribution is 2.31. The lowest BCUT2D eigenvalue weighted by Crippen LogP contribution is -2.25. The van der Waals surface area contributed by atoms with E-state index in [1.165, 1.54) is 31.0 Å². The Kier molecular flexibility index (Phi) is 4.44. The van der Waals surface area contributed by atoms with Gasteiger partial charge < -0.3 is 10.2 Å². The summed E-state index contributed by atoms with van der Waals surface area (Å²) in [6.07, 6.45) is 4.82. The van der Waals surface area contributed by atoms with Gasteiger partial charge in [0.2, 0.25) is 11.9 Å². The van der Waals surface area contributed by atoms with E-state index in [-0.39, 0.29) is 29.6 Å². The fourth-order valence-electron chi connectivity index (χ4n) is 3.79. The Bertz CT molecular complexity index is 859. The molecule has 1 aliphatic carbocycles. The summed E-state index contributed by atoms with van der Waals surface area (Å²) in [6.45, 7) is 0.434. The van der Waals surface area contributed by atoms with Gasteiger partial charge in [0.25, 0.3) is 5.56 Å². The number of anilines is 2. The number of carbonyl (C=O) groups is 1. The number of benzene rings is 1. The molecule has 1 aromatic carbocycles. The number of hydrogen-bond acceptors (Lipinski definition) is 4. The molecule has 4 rings (SSSR count). The van der Waals surface area contributed by atoms with Gasteiger partial charge in [-0.1, -0.05) is 12.8 Å². The third-order valence-corrected chi connectivity index (χ3v) is 5.14. The van der Waals surface area contributed by atoms with Gasteiger partial charge in [0.05, 0.1) is 5.69 Å². The van der Waals surface area contributed by atoms with Crippen LogP contribution in [-0.2, 0) is 4.79 Å². The third-order valence-electron chi connectivity index (χ3n) is 5.14. The molecule has 1 aromatic heterocycles. The molecule has 0 radical (unpaired) electrons. The van der Waals surface area contributed by atoms with E-state index < -0.39 is 0 Å². The molecule has 1 aliphatic heterocycles. The molecule has 1 saturated heterocycles. The number of halogens is 1. The molecule has 0 spiro atoms. The third kappa shape index (κ3) is 3.47. The number of nitrogens with zero attached hydrogens (tertiary/aromatic N) is 2. The predicted octanol–water partition coefficient (Wildman–Crippen LogP) is 2.78. The maximum absolute atomic E-state index is 13.1. The van der Waals surface area contributed by atoms with Crippen LogP contribution in [0.1, 0.15) is 43.7 Å². The minimum Gasteiger partial charge on any atom is -0.353 e. The average molecular weight is 356 g/mol. The maximum Gasteiger partial charge on any atom is 0.252 e. The zero-order valence-electron chi connectivity index (χ0n) is 14.4. The Morgan fingerprint density at radius 3 is 2.62 bits per heavy atom. The van der Waals surface area contributed by atoms with Crippen molar-refractivity contribution in [1.29, 1.82) is 0 Å². The Hall–Kier alpha value is -2.70. The van der Waals surface area contributed by atoms with Gasteiger partial charge in [-0.25, -0.2) is 9.37 Å². The largest absolute Gasteiger partial charge is 0.353 e. The number of amides is 1. The van der Waals surface area contributed by atoms with Gasteiger partial charge in [0.15, 0.2) is 0 Å². The summed E-state index contributed by atoms with van der Waals surface area (Å²) < 4.78 is 13.1. The molecule has 1 atom stereocenters. The first-order valence-corrected chi connectivity index (χ1v) is 9.02. The molecule has 2 N–H and O–H groups in total. The van der Waals surface area contributed by atoms with Gasteiger partial charge in [0, 0.05) is 36.7 Å². The molecule has 1 saturated carbocycles. The van der Waals surface area contributed by atoms with E-state index in [0.717, 1.165) is 12.8 Å². The lowest BCUT2D eigenvalue weighted by atomic mass is 10.0. The summed E-state index contributed by atoms with van der Waals surface area (Å²) in [6, 6.07) is 7.67. The van der Waals surface area contributed by atoms with Crippen molar-refractivity contribution in [1.82, 2.24) is 9.97 Å². The minimum absolute atomic E-state index is 0.0472. The molecule has 2 aliphatic rings.